The average Bonchev–Trinajstić information content (AvgIpc) is 2.33. The highest BCUT2D eigenvalue weighted by molar-refractivity contribution is 4.62. The second-order valence-corrected chi connectivity index (χ2v) is 2.62. The first-order chi connectivity index (χ1) is 4.70. The Hall–Kier alpha value is -0.120. The van der Waals surface area contributed by atoms with Crippen molar-refractivity contribution < 1.29 is 14.5 Å². The second-order valence-electron chi connectivity index (χ2n) is 2.62. The molecule has 10 heavy (non-hydrogen) atoms. The van der Waals surface area contributed by atoms with E-state index >= 15 is 0 Å². The van der Waals surface area contributed by atoms with Gasteiger partial charge in [0.15, 0.2) is 6.29 Å². The smallest absolute Gasteiger partial charge is 0.201 e. The van der Waals surface area contributed by atoms with Crippen LogP contribution in [0.4, 0.5) is 0 Å². The minimum atomic E-state index is -0.513. The molecule has 1 aliphatic rings. The molecule has 0 aliphatic carbocycles. The van der Waals surface area contributed by atoms with Crippen LogP contribution >= 0.6 is 0 Å². The molecule has 0 bridgehead atoms. The lowest BCUT2D eigenvalue weighted by Crippen LogP contribution is -2.25. The number of rotatable bonds is 2. The van der Waals surface area contributed by atoms with E-state index in [-0.39, 0.29) is 6.29 Å². The SMILES string of the molecule is CCC1OOC(C)(CC)O1. The zero-order valence-corrected chi connectivity index (χ0v) is 6.72. The summed E-state index contributed by atoms with van der Waals surface area (Å²) in [6, 6.07) is 0. The van der Waals surface area contributed by atoms with Crippen molar-refractivity contribution in [3.63, 3.8) is 0 Å². The van der Waals surface area contributed by atoms with Crippen LogP contribution in [0.3, 0.4) is 0 Å². The zero-order chi connectivity index (χ0) is 7.61. The van der Waals surface area contributed by atoms with E-state index in [4.69, 9.17) is 14.5 Å². The van der Waals surface area contributed by atoms with E-state index in [1.165, 1.54) is 0 Å². The van der Waals surface area contributed by atoms with E-state index in [9.17, 15) is 0 Å². The molecule has 1 saturated heterocycles. The summed E-state index contributed by atoms with van der Waals surface area (Å²) < 4.78 is 5.40. The van der Waals surface area contributed by atoms with Crippen LogP contribution in [0.5, 0.6) is 0 Å². The van der Waals surface area contributed by atoms with Gasteiger partial charge in [-0.25, -0.2) is 4.89 Å². The van der Waals surface area contributed by atoms with Crippen LogP contribution in [0, 0.1) is 0 Å². The van der Waals surface area contributed by atoms with Crippen molar-refractivity contribution in [3.05, 3.63) is 0 Å². The van der Waals surface area contributed by atoms with Gasteiger partial charge in [0.1, 0.15) is 0 Å². The molecule has 0 amide bonds. The Bertz CT molecular complexity index is 115. The summed E-state index contributed by atoms with van der Waals surface area (Å²) in [5.74, 6) is -0.513. The van der Waals surface area contributed by atoms with Crippen LogP contribution in [-0.2, 0) is 14.5 Å². The van der Waals surface area contributed by atoms with Gasteiger partial charge in [-0.15, -0.1) is 0 Å². The fraction of sp³-hybridized carbons (Fsp3) is 1.00. The predicted octanol–water partition coefficient (Wildman–Crippen LogP) is 1.83. The highest BCUT2D eigenvalue weighted by Gasteiger charge is 2.36. The number of ether oxygens (including phenoxy) is 1. The Balaban J connectivity index is 2.41. The lowest BCUT2D eigenvalue weighted by molar-refractivity contribution is -0.326. The summed E-state index contributed by atoms with van der Waals surface area (Å²) in [5, 5.41) is 0. The first kappa shape index (κ1) is 7.98. The fourth-order valence-electron chi connectivity index (χ4n) is 0.766. The quantitative estimate of drug-likeness (QED) is 0.556. The van der Waals surface area contributed by atoms with Gasteiger partial charge in [0, 0.05) is 6.42 Å². The van der Waals surface area contributed by atoms with Crippen molar-refractivity contribution >= 4 is 0 Å². The Morgan fingerprint density at radius 1 is 1.40 bits per heavy atom. The van der Waals surface area contributed by atoms with Crippen LogP contribution in [0.25, 0.3) is 0 Å². The fourth-order valence-corrected chi connectivity index (χ4v) is 0.766. The Kier molecular flexibility index (Phi) is 2.28. The third kappa shape index (κ3) is 1.48. The highest BCUT2D eigenvalue weighted by Crippen LogP contribution is 2.28. The van der Waals surface area contributed by atoms with Crippen molar-refractivity contribution in [1.29, 1.82) is 0 Å². The number of hydrogen-bond donors (Lipinski definition) is 0. The molecular weight excluding hydrogens is 132 g/mol. The topological polar surface area (TPSA) is 27.7 Å². The molecule has 3 nitrogen and oxygen atoms in total. The van der Waals surface area contributed by atoms with Crippen molar-refractivity contribution in [3.8, 4) is 0 Å². The summed E-state index contributed by atoms with van der Waals surface area (Å²) in [6.45, 7) is 5.87. The Morgan fingerprint density at radius 2 is 2.10 bits per heavy atom. The van der Waals surface area contributed by atoms with Crippen LogP contribution in [-0.4, -0.2) is 12.1 Å². The molecule has 0 radical (unpaired) electrons. The van der Waals surface area contributed by atoms with E-state index in [1.54, 1.807) is 0 Å². The molecule has 0 aromatic rings. The van der Waals surface area contributed by atoms with E-state index in [2.05, 4.69) is 0 Å². The largest absolute Gasteiger partial charge is 0.315 e. The van der Waals surface area contributed by atoms with Crippen LogP contribution in [0.2, 0.25) is 0 Å². The molecule has 0 spiro atoms. The second kappa shape index (κ2) is 2.86. The molecule has 3 heteroatoms. The average molecular weight is 146 g/mol. The molecule has 2 atom stereocenters. The molecule has 0 aromatic heterocycles. The van der Waals surface area contributed by atoms with Gasteiger partial charge in [-0.3, -0.25) is 0 Å². The molecule has 1 rings (SSSR count). The van der Waals surface area contributed by atoms with Gasteiger partial charge in [0.25, 0.3) is 0 Å². The molecular formula is C7H14O3. The Labute approximate surface area is 61.2 Å². The third-order valence-electron chi connectivity index (χ3n) is 1.69. The van der Waals surface area contributed by atoms with Gasteiger partial charge >= 0.3 is 0 Å². The maximum absolute atomic E-state index is 5.40. The van der Waals surface area contributed by atoms with Crippen molar-refractivity contribution in [1.82, 2.24) is 0 Å². The van der Waals surface area contributed by atoms with Crippen molar-refractivity contribution in [2.75, 3.05) is 0 Å². The summed E-state index contributed by atoms with van der Waals surface area (Å²) in [6.07, 6.45) is 1.46. The van der Waals surface area contributed by atoms with Gasteiger partial charge in [-0.2, -0.15) is 4.89 Å². The minimum Gasteiger partial charge on any atom is -0.315 e. The first-order valence-electron chi connectivity index (χ1n) is 3.72. The van der Waals surface area contributed by atoms with Crippen LogP contribution < -0.4 is 0 Å². The molecule has 1 heterocycles. The van der Waals surface area contributed by atoms with Crippen molar-refractivity contribution in [2.45, 2.75) is 45.7 Å². The number of hydrogen-bond acceptors (Lipinski definition) is 3. The van der Waals surface area contributed by atoms with E-state index in [0.29, 0.717) is 0 Å². The van der Waals surface area contributed by atoms with Gasteiger partial charge in [-0.1, -0.05) is 13.8 Å². The molecule has 0 saturated carbocycles. The summed E-state index contributed by atoms with van der Waals surface area (Å²) in [7, 11) is 0. The van der Waals surface area contributed by atoms with E-state index in [0.717, 1.165) is 12.8 Å². The molecule has 1 fully saturated rings. The third-order valence-corrected chi connectivity index (χ3v) is 1.69. The molecule has 60 valence electrons. The maximum Gasteiger partial charge on any atom is 0.201 e. The van der Waals surface area contributed by atoms with E-state index < -0.39 is 5.79 Å². The minimum absolute atomic E-state index is 0.176. The zero-order valence-electron chi connectivity index (χ0n) is 6.72. The summed E-state index contributed by atoms with van der Waals surface area (Å²) in [5.41, 5.74) is 0. The molecule has 0 aromatic carbocycles. The lowest BCUT2D eigenvalue weighted by atomic mass is 10.2. The van der Waals surface area contributed by atoms with Crippen molar-refractivity contribution in [2.24, 2.45) is 0 Å². The molecule has 2 unspecified atom stereocenters. The van der Waals surface area contributed by atoms with Crippen LogP contribution in [0.15, 0.2) is 0 Å². The summed E-state index contributed by atoms with van der Waals surface area (Å²) >= 11 is 0. The van der Waals surface area contributed by atoms with Gasteiger partial charge in [0.05, 0.1) is 0 Å². The summed E-state index contributed by atoms with van der Waals surface area (Å²) in [4.78, 5) is 9.86. The lowest BCUT2D eigenvalue weighted by Gasteiger charge is -2.16. The molecule has 1 aliphatic heterocycles. The van der Waals surface area contributed by atoms with Crippen LogP contribution in [0.1, 0.15) is 33.6 Å². The standard InChI is InChI=1S/C7H14O3/c1-4-6-8-7(3,5-2)10-9-6/h6H,4-5H2,1-3H3. The Morgan fingerprint density at radius 3 is 2.40 bits per heavy atom. The normalized spacial score (nSPS) is 40.5. The van der Waals surface area contributed by atoms with Gasteiger partial charge in [-0.05, 0) is 13.3 Å². The monoisotopic (exact) mass is 146 g/mol. The van der Waals surface area contributed by atoms with Gasteiger partial charge < -0.3 is 4.74 Å². The first-order valence-corrected chi connectivity index (χ1v) is 3.72. The van der Waals surface area contributed by atoms with Gasteiger partial charge in [0.2, 0.25) is 5.79 Å². The predicted molar refractivity (Wildman–Crippen MR) is 36.0 cm³/mol. The van der Waals surface area contributed by atoms with E-state index in [1.807, 2.05) is 20.8 Å². The maximum atomic E-state index is 5.40. The highest BCUT2D eigenvalue weighted by atomic mass is 17.3. The molecule has 0 N–H and O–H groups in total.